The highest BCUT2D eigenvalue weighted by Gasteiger charge is 2.35. The highest BCUT2D eigenvalue weighted by Crippen LogP contribution is 2.28. The maximum absolute atomic E-state index is 12.3. The van der Waals surface area contributed by atoms with Crippen LogP contribution in [0, 0.1) is 5.92 Å². The van der Waals surface area contributed by atoms with Crippen LogP contribution in [0.25, 0.3) is 0 Å². The molecule has 1 fully saturated rings. The molecule has 1 aromatic carbocycles. The van der Waals surface area contributed by atoms with Gasteiger partial charge in [-0.3, -0.25) is 4.90 Å². The lowest BCUT2D eigenvalue weighted by Gasteiger charge is -2.41. The topological polar surface area (TPSA) is 42.7 Å². The van der Waals surface area contributed by atoms with E-state index >= 15 is 0 Å². The molecule has 122 valence electrons. The second kappa shape index (κ2) is 7.01. The van der Waals surface area contributed by atoms with Crippen molar-refractivity contribution in [2.24, 2.45) is 5.92 Å². The normalized spacial score (nSPS) is 25.2. The van der Waals surface area contributed by atoms with E-state index in [1.54, 1.807) is 18.4 Å². The Bertz CT molecular complexity index is 623. The van der Waals surface area contributed by atoms with E-state index in [1.807, 2.05) is 30.3 Å². The minimum Gasteiger partial charge on any atom is -0.468 e. The number of carbonyl (C=O) groups excluding carboxylic acids is 1. The van der Waals surface area contributed by atoms with E-state index in [9.17, 15) is 4.79 Å². The fraction of sp³-hybridized carbons (Fsp3) is 0.421. The van der Waals surface area contributed by atoms with Crippen LogP contribution in [0.4, 0.5) is 0 Å². The molecule has 0 saturated carbocycles. The number of furan rings is 1. The number of likely N-dealkylation sites (tertiary alicyclic amines) is 1. The lowest BCUT2D eigenvalue weighted by molar-refractivity contribution is -0.0335. The molecule has 3 atom stereocenters. The van der Waals surface area contributed by atoms with E-state index in [4.69, 9.17) is 9.15 Å². The first-order chi connectivity index (χ1) is 11.1. The van der Waals surface area contributed by atoms with E-state index in [2.05, 4.69) is 18.7 Å². The third kappa shape index (κ3) is 3.64. The first-order valence-electron chi connectivity index (χ1n) is 8.17. The maximum Gasteiger partial charge on any atom is 0.338 e. The quantitative estimate of drug-likeness (QED) is 0.807. The van der Waals surface area contributed by atoms with Crippen molar-refractivity contribution in [3.8, 4) is 0 Å². The monoisotopic (exact) mass is 313 g/mol. The molecule has 1 aliphatic rings. The van der Waals surface area contributed by atoms with Gasteiger partial charge in [-0.2, -0.15) is 0 Å². The smallest absolute Gasteiger partial charge is 0.338 e. The highest BCUT2D eigenvalue weighted by atomic mass is 16.5. The van der Waals surface area contributed by atoms with Crippen molar-refractivity contribution in [2.75, 3.05) is 6.54 Å². The Morgan fingerprint density at radius 3 is 2.70 bits per heavy atom. The summed E-state index contributed by atoms with van der Waals surface area (Å²) in [5.74, 6) is 1.03. The van der Waals surface area contributed by atoms with E-state index in [0.717, 1.165) is 25.3 Å². The molecule has 1 saturated heterocycles. The highest BCUT2D eigenvalue weighted by molar-refractivity contribution is 5.89. The zero-order chi connectivity index (χ0) is 16.2. The van der Waals surface area contributed by atoms with Gasteiger partial charge in [-0.15, -0.1) is 0 Å². The number of carbonyl (C=O) groups is 1. The summed E-state index contributed by atoms with van der Waals surface area (Å²) >= 11 is 0. The van der Waals surface area contributed by atoms with Crippen LogP contribution >= 0.6 is 0 Å². The molecule has 0 spiro atoms. The van der Waals surface area contributed by atoms with Crippen molar-refractivity contribution in [1.29, 1.82) is 0 Å². The van der Waals surface area contributed by atoms with Gasteiger partial charge in [-0.25, -0.2) is 4.79 Å². The molecule has 1 aliphatic heterocycles. The maximum atomic E-state index is 12.3. The molecule has 0 aliphatic carbocycles. The SMILES string of the molecule is CC1C(OC(=O)c2ccccc2)CCN(Cc2ccco2)[C@H]1C. The molecular weight excluding hydrogens is 290 g/mol. The third-order valence-electron chi connectivity index (χ3n) is 4.83. The van der Waals surface area contributed by atoms with Crippen LogP contribution in [0.2, 0.25) is 0 Å². The predicted molar refractivity (Wildman–Crippen MR) is 88.0 cm³/mol. The van der Waals surface area contributed by atoms with E-state index in [-0.39, 0.29) is 18.0 Å². The lowest BCUT2D eigenvalue weighted by atomic mass is 9.89. The van der Waals surface area contributed by atoms with Gasteiger partial charge in [0.25, 0.3) is 0 Å². The van der Waals surface area contributed by atoms with E-state index in [0.29, 0.717) is 11.6 Å². The molecular formula is C19H23NO3. The summed E-state index contributed by atoms with van der Waals surface area (Å²) in [5, 5.41) is 0. The second-order valence-corrected chi connectivity index (χ2v) is 6.25. The molecule has 4 heteroatoms. The van der Waals surface area contributed by atoms with Crippen LogP contribution in [0.5, 0.6) is 0 Å². The van der Waals surface area contributed by atoms with Crippen LogP contribution in [0.15, 0.2) is 53.1 Å². The predicted octanol–water partition coefficient (Wildman–Crippen LogP) is 3.74. The number of nitrogens with zero attached hydrogens (tertiary/aromatic N) is 1. The Hall–Kier alpha value is -2.07. The molecule has 1 aromatic heterocycles. The van der Waals surface area contributed by atoms with Crippen molar-refractivity contribution in [3.63, 3.8) is 0 Å². The molecule has 0 radical (unpaired) electrons. The van der Waals surface area contributed by atoms with Crippen molar-refractivity contribution >= 4 is 5.97 Å². The fourth-order valence-electron chi connectivity index (χ4n) is 3.17. The van der Waals surface area contributed by atoms with Crippen LogP contribution in [0.3, 0.4) is 0 Å². The van der Waals surface area contributed by atoms with Gasteiger partial charge in [0.1, 0.15) is 11.9 Å². The molecule has 0 bridgehead atoms. The Morgan fingerprint density at radius 1 is 1.22 bits per heavy atom. The standard InChI is InChI=1S/C19H23NO3/c1-14-15(2)20(13-17-9-6-12-22-17)11-10-18(14)23-19(21)16-7-4-3-5-8-16/h3-9,12,14-15,18H,10-11,13H2,1-2H3/t14?,15-,18?/m0/s1. The van der Waals surface area contributed by atoms with Crippen LogP contribution in [-0.2, 0) is 11.3 Å². The minimum atomic E-state index is -0.228. The van der Waals surface area contributed by atoms with E-state index < -0.39 is 0 Å². The molecule has 0 N–H and O–H groups in total. The summed E-state index contributed by atoms with van der Waals surface area (Å²) in [7, 11) is 0. The molecule has 0 amide bonds. The van der Waals surface area contributed by atoms with Gasteiger partial charge in [0.05, 0.1) is 18.4 Å². The number of hydrogen-bond acceptors (Lipinski definition) is 4. The molecule has 4 nitrogen and oxygen atoms in total. The van der Waals surface area contributed by atoms with Crippen molar-refractivity contribution in [1.82, 2.24) is 4.90 Å². The van der Waals surface area contributed by atoms with Crippen molar-refractivity contribution in [2.45, 2.75) is 39.0 Å². The van der Waals surface area contributed by atoms with Crippen molar-refractivity contribution in [3.05, 3.63) is 60.1 Å². The Labute approximate surface area is 137 Å². The van der Waals surface area contributed by atoms with Gasteiger partial charge in [-0.1, -0.05) is 25.1 Å². The molecule has 3 rings (SSSR count). The zero-order valence-corrected chi connectivity index (χ0v) is 13.6. The van der Waals surface area contributed by atoms with Gasteiger partial charge in [-0.05, 0) is 37.6 Å². The second-order valence-electron chi connectivity index (χ2n) is 6.25. The molecule has 2 heterocycles. The Balaban J connectivity index is 1.60. The first kappa shape index (κ1) is 15.8. The average molecular weight is 313 g/mol. The van der Waals surface area contributed by atoms with E-state index in [1.165, 1.54) is 0 Å². The Morgan fingerprint density at radius 2 is 2.00 bits per heavy atom. The summed E-state index contributed by atoms with van der Waals surface area (Å²) in [6, 6.07) is 13.4. The largest absolute Gasteiger partial charge is 0.468 e. The first-order valence-corrected chi connectivity index (χ1v) is 8.17. The number of ether oxygens (including phenoxy) is 1. The summed E-state index contributed by atoms with van der Waals surface area (Å²) < 4.78 is 11.2. The molecule has 2 unspecified atom stereocenters. The summed E-state index contributed by atoms with van der Waals surface area (Å²) in [6.07, 6.45) is 2.52. The number of hydrogen-bond donors (Lipinski definition) is 0. The number of piperidine rings is 1. The third-order valence-corrected chi connectivity index (χ3v) is 4.83. The average Bonchev–Trinajstić information content (AvgIpc) is 3.08. The fourth-order valence-corrected chi connectivity index (χ4v) is 3.17. The Kier molecular flexibility index (Phi) is 4.82. The summed E-state index contributed by atoms with van der Waals surface area (Å²) in [4.78, 5) is 14.6. The van der Waals surface area contributed by atoms with Gasteiger partial charge in [0.2, 0.25) is 0 Å². The molecule has 2 aromatic rings. The number of benzene rings is 1. The number of rotatable bonds is 4. The summed E-state index contributed by atoms with van der Waals surface area (Å²) in [6.45, 7) is 6.05. The zero-order valence-electron chi connectivity index (χ0n) is 13.6. The molecule has 23 heavy (non-hydrogen) atoms. The summed E-state index contributed by atoms with van der Waals surface area (Å²) in [5.41, 5.74) is 0.616. The number of esters is 1. The van der Waals surface area contributed by atoms with Gasteiger partial charge < -0.3 is 9.15 Å². The van der Waals surface area contributed by atoms with Gasteiger partial charge in [0.15, 0.2) is 0 Å². The van der Waals surface area contributed by atoms with Gasteiger partial charge >= 0.3 is 5.97 Å². The minimum absolute atomic E-state index is 0.0365. The van der Waals surface area contributed by atoms with Crippen LogP contribution < -0.4 is 0 Å². The van der Waals surface area contributed by atoms with Crippen LogP contribution in [-0.4, -0.2) is 29.6 Å². The van der Waals surface area contributed by atoms with Gasteiger partial charge in [0, 0.05) is 18.5 Å². The van der Waals surface area contributed by atoms with Crippen molar-refractivity contribution < 1.29 is 13.9 Å². The van der Waals surface area contributed by atoms with Crippen LogP contribution in [0.1, 0.15) is 36.4 Å². The lowest BCUT2D eigenvalue weighted by Crippen LogP contribution is -2.49.